The quantitative estimate of drug-likeness (QED) is 0.423. The second-order valence-electron chi connectivity index (χ2n) is 4.99. The van der Waals surface area contributed by atoms with Gasteiger partial charge in [0, 0.05) is 11.5 Å². The van der Waals surface area contributed by atoms with Crippen LogP contribution in [-0.4, -0.2) is 46.1 Å². The van der Waals surface area contributed by atoms with Crippen LogP contribution < -0.4 is 34.7 Å². The number of aliphatic hydroxyl groups excluding tert-OH is 1. The van der Waals surface area contributed by atoms with Crippen LogP contribution in [0, 0.1) is 5.92 Å². The average Bonchev–Trinajstić information content (AvgIpc) is 2.92. The fourth-order valence-corrected chi connectivity index (χ4v) is 4.51. The molecule has 2 saturated heterocycles. The van der Waals surface area contributed by atoms with Crippen LogP contribution in [0.3, 0.4) is 0 Å². The van der Waals surface area contributed by atoms with E-state index in [-0.39, 0.29) is 52.6 Å². The molecule has 0 aromatic carbocycles. The summed E-state index contributed by atoms with van der Waals surface area (Å²) in [5.74, 6) is -2.24. The number of hydrogen-bond donors (Lipinski definition) is 1. The Morgan fingerprint density at radius 2 is 2.30 bits per heavy atom. The van der Waals surface area contributed by atoms with E-state index >= 15 is 0 Å². The number of hydrogen-bond acceptors (Lipinski definition) is 6. The fraction of sp³-hybridized carbons (Fsp3) is 0.667. The Morgan fingerprint density at radius 1 is 1.60 bits per heavy atom. The van der Waals surface area contributed by atoms with Gasteiger partial charge in [0.05, 0.1) is 29.8 Å². The molecule has 0 bridgehead atoms. The van der Waals surface area contributed by atoms with Gasteiger partial charge >= 0.3 is 29.6 Å². The second kappa shape index (κ2) is 5.98. The van der Waals surface area contributed by atoms with Crippen molar-refractivity contribution < 1.29 is 54.1 Å². The van der Waals surface area contributed by atoms with Crippen molar-refractivity contribution in [1.82, 2.24) is 4.90 Å². The van der Waals surface area contributed by atoms with Gasteiger partial charge in [0.2, 0.25) is 5.91 Å². The van der Waals surface area contributed by atoms with Gasteiger partial charge in [0.15, 0.2) is 0 Å². The maximum atomic E-state index is 11.9. The van der Waals surface area contributed by atoms with Crippen LogP contribution in [-0.2, 0) is 14.3 Å². The van der Waals surface area contributed by atoms with E-state index in [9.17, 15) is 19.8 Å². The number of nitrogens with zero attached hydrogens (tertiary/aromatic N) is 1. The molecule has 20 heavy (non-hydrogen) atoms. The largest absolute Gasteiger partial charge is 1.00 e. The molecule has 0 aromatic rings. The standard InChI is InChI=1S/C12H15NO5S.Na/c1-5(14)7-10(15)13-8(12(16)17)9(19-11(7)13)6-3-2-4-18-6;/h5-7,11,14H,2-4H2,1H3,(H,16,17);/q;+1/p-1/t5-,6?,7+,11-;/m1./s1. The first-order valence-electron chi connectivity index (χ1n) is 6.27. The smallest absolute Gasteiger partial charge is 0.543 e. The van der Waals surface area contributed by atoms with Crippen molar-refractivity contribution >= 4 is 23.6 Å². The number of thioether (sulfide) groups is 1. The average molecular weight is 307 g/mol. The van der Waals surface area contributed by atoms with Gasteiger partial charge in [-0.3, -0.25) is 9.69 Å². The van der Waals surface area contributed by atoms with Crippen LogP contribution in [0.4, 0.5) is 0 Å². The van der Waals surface area contributed by atoms with Crippen molar-refractivity contribution in [3.05, 3.63) is 10.6 Å². The summed E-state index contributed by atoms with van der Waals surface area (Å²) in [4.78, 5) is 25.0. The van der Waals surface area contributed by atoms with Crippen LogP contribution >= 0.6 is 11.8 Å². The van der Waals surface area contributed by atoms with Crippen molar-refractivity contribution in [2.75, 3.05) is 6.61 Å². The third-order valence-electron chi connectivity index (χ3n) is 3.74. The minimum Gasteiger partial charge on any atom is -0.543 e. The Kier molecular flexibility index (Phi) is 4.88. The number of fused-ring (bicyclic) bond motifs is 1. The summed E-state index contributed by atoms with van der Waals surface area (Å²) in [5.41, 5.74) is -0.0659. The molecule has 104 valence electrons. The number of carboxylic acids is 1. The number of ether oxygens (including phenoxy) is 1. The normalized spacial score (nSPS) is 33.6. The summed E-state index contributed by atoms with van der Waals surface area (Å²) >= 11 is 1.31. The van der Waals surface area contributed by atoms with Crippen LogP contribution in [0.25, 0.3) is 0 Å². The molecule has 3 rings (SSSR count). The van der Waals surface area contributed by atoms with Crippen LogP contribution in [0.2, 0.25) is 0 Å². The summed E-state index contributed by atoms with van der Waals surface area (Å²) in [6.45, 7) is 2.15. The molecular formula is C12H14NNaO5S. The molecule has 3 heterocycles. The minimum absolute atomic E-state index is 0. The van der Waals surface area contributed by atoms with Crippen LogP contribution in [0.5, 0.6) is 0 Å². The predicted molar refractivity (Wildman–Crippen MR) is 64.4 cm³/mol. The molecule has 0 aliphatic carbocycles. The van der Waals surface area contributed by atoms with Crippen molar-refractivity contribution in [1.29, 1.82) is 0 Å². The van der Waals surface area contributed by atoms with Gasteiger partial charge in [-0.05, 0) is 19.8 Å². The summed E-state index contributed by atoms with van der Waals surface area (Å²) in [7, 11) is 0. The van der Waals surface area contributed by atoms with Crippen molar-refractivity contribution in [3.63, 3.8) is 0 Å². The van der Waals surface area contributed by atoms with Crippen LogP contribution in [0.1, 0.15) is 19.8 Å². The monoisotopic (exact) mass is 307 g/mol. The molecular weight excluding hydrogens is 293 g/mol. The third-order valence-corrected chi connectivity index (χ3v) is 5.20. The number of amides is 1. The first-order valence-corrected chi connectivity index (χ1v) is 7.15. The Hall–Kier alpha value is -0.0500. The molecule has 0 saturated carbocycles. The van der Waals surface area contributed by atoms with Gasteiger partial charge in [0.1, 0.15) is 5.37 Å². The molecule has 3 aliphatic heterocycles. The van der Waals surface area contributed by atoms with Gasteiger partial charge in [0.25, 0.3) is 0 Å². The number of β-lactam (4-membered cyclic amide) rings is 1. The van der Waals surface area contributed by atoms with E-state index in [0.717, 1.165) is 12.8 Å². The third kappa shape index (κ3) is 2.34. The number of aliphatic hydroxyl groups is 1. The first-order chi connectivity index (χ1) is 9.02. The number of carboxylic acid groups (broad SMARTS) is 1. The van der Waals surface area contributed by atoms with Gasteiger partial charge < -0.3 is 19.7 Å². The topological polar surface area (TPSA) is 89.9 Å². The molecule has 1 N–H and O–H groups in total. The van der Waals surface area contributed by atoms with E-state index in [1.165, 1.54) is 16.7 Å². The molecule has 8 heteroatoms. The Bertz CT molecular complexity index is 474. The van der Waals surface area contributed by atoms with E-state index in [1.807, 2.05) is 0 Å². The zero-order valence-corrected chi connectivity index (χ0v) is 14.2. The maximum absolute atomic E-state index is 11.9. The zero-order chi connectivity index (χ0) is 13.7. The van der Waals surface area contributed by atoms with E-state index in [2.05, 4.69) is 0 Å². The predicted octanol–water partition coefficient (Wildman–Crippen LogP) is -3.96. The summed E-state index contributed by atoms with van der Waals surface area (Å²) in [5, 5.41) is 20.5. The molecule has 2 fully saturated rings. The SMILES string of the molecule is C[C@@H](O)[C@H]1C(=O)N2C(C(=O)[O-])=C(C3CCCO3)S[C@H]12.[Na+]. The van der Waals surface area contributed by atoms with E-state index in [1.54, 1.807) is 6.92 Å². The number of carbonyl (C=O) groups excluding carboxylic acids is 2. The molecule has 1 unspecified atom stereocenters. The molecule has 0 spiro atoms. The van der Waals surface area contributed by atoms with Crippen LogP contribution in [0.15, 0.2) is 10.6 Å². The summed E-state index contributed by atoms with van der Waals surface area (Å²) in [6.07, 6.45) is 0.597. The number of carbonyl (C=O) groups is 2. The van der Waals surface area contributed by atoms with E-state index < -0.39 is 18.0 Å². The number of rotatable bonds is 3. The minimum atomic E-state index is -1.35. The van der Waals surface area contributed by atoms with Gasteiger partial charge in [-0.15, -0.1) is 0 Å². The molecule has 4 atom stereocenters. The van der Waals surface area contributed by atoms with Crippen molar-refractivity contribution in [2.24, 2.45) is 5.92 Å². The molecule has 6 nitrogen and oxygen atoms in total. The summed E-state index contributed by atoms with van der Waals surface area (Å²) < 4.78 is 5.50. The first kappa shape index (κ1) is 16.3. The van der Waals surface area contributed by atoms with Gasteiger partial charge in [-0.25, -0.2) is 0 Å². The molecule has 0 radical (unpaired) electrons. The van der Waals surface area contributed by atoms with E-state index in [4.69, 9.17) is 4.74 Å². The Labute approximate surface area is 142 Å². The summed E-state index contributed by atoms with van der Waals surface area (Å²) in [6, 6.07) is 0. The van der Waals surface area contributed by atoms with Crippen molar-refractivity contribution in [3.8, 4) is 0 Å². The Balaban J connectivity index is 0.00000147. The number of aliphatic carboxylic acids is 1. The van der Waals surface area contributed by atoms with Gasteiger partial charge in [-0.2, -0.15) is 0 Å². The Morgan fingerprint density at radius 3 is 2.80 bits per heavy atom. The fourth-order valence-electron chi connectivity index (χ4n) is 2.81. The maximum Gasteiger partial charge on any atom is 1.00 e. The molecule has 3 aliphatic rings. The molecule has 1 amide bonds. The second-order valence-corrected chi connectivity index (χ2v) is 6.14. The molecule has 0 aromatic heterocycles. The zero-order valence-electron chi connectivity index (χ0n) is 11.4. The van der Waals surface area contributed by atoms with E-state index in [0.29, 0.717) is 11.5 Å². The van der Waals surface area contributed by atoms with Crippen molar-refractivity contribution in [2.45, 2.75) is 37.3 Å². The van der Waals surface area contributed by atoms with Gasteiger partial charge in [-0.1, -0.05) is 11.8 Å².